The molecule has 2 saturated heterocycles. The Kier molecular flexibility index (Phi) is 7.06. The predicted molar refractivity (Wildman–Crippen MR) is 96.3 cm³/mol. The summed E-state index contributed by atoms with van der Waals surface area (Å²) in [7, 11) is 1.95. The van der Waals surface area contributed by atoms with Gasteiger partial charge in [-0.25, -0.2) is 4.68 Å². The zero-order chi connectivity index (χ0) is 17.5. The minimum absolute atomic E-state index is 0.236. The molecule has 0 unspecified atom stereocenters. The van der Waals surface area contributed by atoms with Crippen molar-refractivity contribution in [2.24, 2.45) is 0 Å². The SMILES string of the molecule is CN(C(=O)CCCn1nnnc1CN1CCOCC1)C1CCSCC1. The molecule has 0 aliphatic carbocycles. The number of carbonyl (C=O) groups excluding carboxylic acids is 1. The smallest absolute Gasteiger partial charge is 0.222 e. The quantitative estimate of drug-likeness (QED) is 0.699. The summed E-state index contributed by atoms with van der Waals surface area (Å²) in [6.07, 6.45) is 3.55. The van der Waals surface area contributed by atoms with Crippen LogP contribution in [0.25, 0.3) is 0 Å². The van der Waals surface area contributed by atoms with Gasteiger partial charge in [-0.2, -0.15) is 11.8 Å². The highest BCUT2D eigenvalue weighted by molar-refractivity contribution is 7.99. The van der Waals surface area contributed by atoms with Crippen molar-refractivity contribution in [2.75, 3.05) is 44.9 Å². The van der Waals surface area contributed by atoms with Crippen molar-refractivity contribution < 1.29 is 9.53 Å². The summed E-state index contributed by atoms with van der Waals surface area (Å²) in [4.78, 5) is 16.7. The van der Waals surface area contributed by atoms with Gasteiger partial charge in [-0.3, -0.25) is 9.69 Å². The third kappa shape index (κ3) is 5.39. The number of hydrogen-bond donors (Lipinski definition) is 0. The second-order valence-electron chi connectivity index (χ2n) is 6.66. The van der Waals surface area contributed by atoms with Gasteiger partial charge in [-0.1, -0.05) is 0 Å². The maximum absolute atomic E-state index is 12.4. The van der Waals surface area contributed by atoms with E-state index >= 15 is 0 Å². The van der Waals surface area contributed by atoms with E-state index in [4.69, 9.17) is 4.74 Å². The maximum atomic E-state index is 12.4. The lowest BCUT2D eigenvalue weighted by atomic mass is 10.1. The van der Waals surface area contributed by atoms with Crippen molar-refractivity contribution in [1.82, 2.24) is 30.0 Å². The van der Waals surface area contributed by atoms with Crippen molar-refractivity contribution >= 4 is 17.7 Å². The molecular formula is C16H28N6O2S. The molecule has 0 spiro atoms. The molecule has 0 bridgehead atoms. The Hall–Kier alpha value is -1.19. The average molecular weight is 369 g/mol. The van der Waals surface area contributed by atoms with E-state index in [1.165, 1.54) is 0 Å². The Labute approximate surface area is 153 Å². The summed E-state index contributed by atoms with van der Waals surface area (Å²) in [6, 6.07) is 0.415. The molecule has 1 amide bonds. The molecule has 0 radical (unpaired) electrons. The lowest BCUT2D eigenvalue weighted by molar-refractivity contribution is -0.132. The molecule has 140 valence electrons. The molecule has 0 aromatic carbocycles. The number of aryl methyl sites for hydroxylation is 1. The normalized spacial score (nSPS) is 19.9. The topological polar surface area (TPSA) is 76.4 Å². The van der Waals surface area contributed by atoms with E-state index < -0.39 is 0 Å². The van der Waals surface area contributed by atoms with Crippen LogP contribution in [0.4, 0.5) is 0 Å². The van der Waals surface area contributed by atoms with Crippen LogP contribution >= 0.6 is 11.8 Å². The number of carbonyl (C=O) groups is 1. The van der Waals surface area contributed by atoms with Gasteiger partial charge in [0, 0.05) is 39.1 Å². The fourth-order valence-corrected chi connectivity index (χ4v) is 4.38. The molecule has 3 heterocycles. The number of morpholine rings is 1. The number of tetrazole rings is 1. The van der Waals surface area contributed by atoms with E-state index in [-0.39, 0.29) is 5.91 Å². The van der Waals surface area contributed by atoms with Crippen LogP contribution in [0.3, 0.4) is 0 Å². The van der Waals surface area contributed by atoms with Gasteiger partial charge in [0.1, 0.15) is 0 Å². The van der Waals surface area contributed by atoms with E-state index in [0.717, 1.165) is 69.4 Å². The Balaban J connectivity index is 1.42. The van der Waals surface area contributed by atoms with Gasteiger partial charge in [0.15, 0.2) is 5.82 Å². The fraction of sp³-hybridized carbons (Fsp3) is 0.875. The van der Waals surface area contributed by atoms with Gasteiger partial charge in [0.05, 0.1) is 19.8 Å². The monoisotopic (exact) mass is 368 g/mol. The van der Waals surface area contributed by atoms with Crippen molar-refractivity contribution in [3.05, 3.63) is 5.82 Å². The first-order valence-corrected chi connectivity index (χ1v) is 10.3. The summed E-state index contributed by atoms with van der Waals surface area (Å²) in [5, 5.41) is 12.0. The first-order valence-electron chi connectivity index (χ1n) is 9.12. The fourth-order valence-electron chi connectivity index (χ4n) is 3.30. The van der Waals surface area contributed by atoms with Crippen molar-refractivity contribution in [1.29, 1.82) is 0 Å². The summed E-state index contributed by atoms with van der Waals surface area (Å²) >= 11 is 1.98. The minimum Gasteiger partial charge on any atom is -0.379 e. The third-order valence-electron chi connectivity index (χ3n) is 4.97. The molecule has 2 fully saturated rings. The second kappa shape index (κ2) is 9.49. The average Bonchev–Trinajstić information content (AvgIpc) is 3.09. The molecule has 1 aromatic heterocycles. The summed E-state index contributed by atoms with van der Waals surface area (Å²) < 4.78 is 7.20. The highest BCUT2D eigenvalue weighted by atomic mass is 32.2. The van der Waals surface area contributed by atoms with Gasteiger partial charge in [0.25, 0.3) is 0 Å². The first kappa shape index (κ1) is 18.6. The Morgan fingerprint density at radius 1 is 1.32 bits per heavy atom. The van der Waals surface area contributed by atoms with Gasteiger partial charge in [0.2, 0.25) is 5.91 Å². The maximum Gasteiger partial charge on any atom is 0.222 e. The van der Waals surface area contributed by atoms with Gasteiger partial charge in [-0.05, 0) is 41.2 Å². The summed E-state index contributed by atoms with van der Waals surface area (Å²) in [6.45, 7) is 4.78. The molecule has 3 rings (SSSR count). The van der Waals surface area contributed by atoms with E-state index in [9.17, 15) is 4.79 Å². The Morgan fingerprint density at radius 3 is 2.84 bits per heavy atom. The number of thioether (sulfide) groups is 1. The Bertz CT molecular complexity index is 542. The molecule has 9 heteroatoms. The molecule has 0 N–H and O–H groups in total. The highest BCUT2D eigenvalue weighted by Crippen LogP contribution is 2.21. The summed E-state index contributed by atoms with van der Waals surface area (Å²) in [5.74, 6) is 3.43. The standard InChI is InChI=1S/C16H28N6O2S/c1-20(14-4-11-25-12-5-14)16(23)3-2-6-22-15(17-18-19-22)13-21-7-9-24-10-8-21/h14H,2-13H2,1H3. The van der Waals surface area contributed by atoms with Crippen LogP contribution in [-0.2, 0) is 22.6 Å². The largest absolute Gasteiger partial charge is 0.379 e. The van der Waals surface area contributed by atoms with Crippen LogP contribution in [0, 0.1) is 0 Å². The number of ether oxygens (including phenoxy) is 1. The zero-order valence-corrected chi connectivity index (χ0v) is 15.8. The van der Waals surface area contributed by atoms with Gasteiger partial charge < -0.3 is 9.64 Å². The van der Waals surface area contributed by atoms with Crippen molar-refractivity contribution in [3.63, 3.8) is 0 Å². The molecule has 2 aliphatic heterocycles. The van der Waals surface area contributed by atoms with Crippen LogP contribution < -0.4 is 0 Å². The van der Waals surface area contributed by atoms with Crippen LogP contribution in [0.2, 0.25) is 0 Å². The Morgan fingerprint density at radius 2 is 2.08 bits per heavy atom. The van der Waals surface area contributed by atoms with E-state index in [0.29, 0.717) is 19.0 Å². The van der Waals surface area contributed by atoms with E-state index in [1.807, 2.05) is 28.4 Å². The van der Waals surface area contributed by atoms with Crippen LogP contribution in [0.1, 0.15) is 31.5 Å². The molecule has 0 saturated carbocycles. The van der Waals surface area contributed by atoms with Crippen molar-refractivity contribution in [3.8, 4) is 0 Å². The lowest BCUT2D eigenvalue weighted by Crippen LogP contribution is -2.39. The second-order valence-corrected chi connectivity index (χ2v) is 7.88. The zero-order valence-electron chi connectivity index (χ0n) is 15.0. The van der Waals surface area contributed by atoms with Gasteiger partial charge >= 0.3 is 0 Å². The molecule has 0 atom stereocenters. The van der Waals surface area contributed by atoms with Crippen LogP contribution in [0.5, 0.6) is 0 Å². The molecule has 1 aromatic rings. The molecule has 25 heavy (non-hydrogen) atoms. The van der Waals surface area contributed by atoms with E-state index in [1.54, 1.807) is 0 Å². The predicted octanol–water partition coefficient (Wildman–Crippen LogP) is 0.640. The van der Waals surface area contributed by atoms with Crippen molar-refractivity contribution in [2.45, 2.75) is 44.8 Å². The summed E-state index contributed by atoms with van der Waals surface area (Å²) in [5.41, 5.74) is 0. The lowest BCUT2D eigenvalue weighted by Gasteiger charge is -2.31. The number of amides is 1. The van der Waals surface area contributed by atoms with Crippen LogP contribution in [-0.4, -0.2) is 86.8 Å². The minimum atomic E-state index is 0.236. The number of hydrogen-bond acceptors (Lipinski definition) is 7. The van der Waals surface area contributed by atoms with Gasteiger partial charge in [-0.15, -0.1) is 5.10 Å². The number of aromatic nitrogens is 4. The number of rotatable bonds is 7. The third-order valence-corrected chi connectivity index (χ3v) is 6.02. The molecular weight excluding hydrogens is 340 g/mol. The molecule has 2 aliphatic rings. The molecule has 8 nitrogen and oxygen atoms in total. The number of nitrogens with zero attached hydrogens (tertiary/aromatic N) is 6. The van der Waals surface area contributed by atoms with Crippen LogP contribution in [0.15, 0.2) is 0 Å². The first-order chi connectivity index (χ1) is 12.2. The highest BCUT2D eigenvalue weighted by Gasteiger charge is 2.22. The van der Waals surface area contributed by atoms with E-state index in [2.05, 4.69) is 20.4 Å².